The number of para-hydroxylation sites is 2. The van der Waals surface area contributed by atoms with Crippen molar-refractivity contribution in [1.29, 1.82) is 0 Å². The quantitative estimate of drug-likeness (QED) is 0.631. The van der Waals surface area contributed by atoms with Gasteiger partial charge in [-0.1, -0.05) is 32.0 Å². The van der Waals surface area contributed by atoms with Gasteiger partial charge in [0.15, 0.2) is 0 Å². The number of benzene rings is 1. The predicted molar refractivity (Wildman–Crippen MR) is 119 cm³/mol. The molecule has 6 heteroatoms. The third-order valence-corrected chi connectivity index (χ3v) is 5.94. The Labute approximate surface area is 178 Å². The molecule has 0 spiro atoms. The maximum absolute atomic E-state index is 13.2. The molecule has 1 aliphatic heterocycles. The number of hydrogen-bond acceptors (Lipinski definition) is 4. The van der Waals surface area contributed by atoms with Crippen LogP contribution < -0.4 is 0 Å². The number of imidazole rings is 1. The second kappa shape index (κ2) is 9.39. The number of rotatable bonds is 6. The molecule has 1 atom stereocenters. The largest absolute Gasteiger partial charge is 0.341 e. The van der Waals surface area contributed by atoms with Crippen LogP contribution in [-0.4, -0.2) is 56.4 Å². The fourth-order valence-corrected chi connectivity index (χ4v) is 4.33. The first kappa shape index (κ1) is 20.5. The molecule has 1 amide bonds. The van der Waals surface area contributed by atoms with Crippen LogP contribution >= 0.6 is 0 Å². The lowest BCUT2D eigenvalue weighted by Crippen LogP contribution is -2.39. The van der Waals surface area contributed by atoms with Crippen molar-refractivity contribution in [3.63, 3.8) is 0 Å². The van der Waals surface area contributed by atoms with E-state index in [4.69, 9.17) is 4.98 Å². The van der Waals surface area contributed by atoms with Gasteiger partial charge in [-0.2, -0.15) is 0 Å². The van der Waals surface area contributed by atoms with E-state index < -0.39 is 0 Å². The lowest BCUT2D eigenvalue weighted by atomic mass is 10.1. The fourth-order valence-electron chi connectivity index (χ4n) is 4.33. The second-order valence-corrected chi connectivity index (χ2v) is 8.16. The van der Waals surface area contributed by atoms with E-state index in [-0.39, 0.29) is 11.8 Å². The van der Waals surface area contributed by atoms with E-state index in [1.54, 1.807) is 0 Å². The van der Waals surface area contributed by atoms with Crippen molar-refractivity contribution in [2.75, 3.05) is 26.2 Å². The maximum atomic E-state index is 13.2. The lowest BCUT2D eigenvalue weighted by molar-refractivity contribution is -0.135. The number of amides is 1. The van der Waals surface area contributed by atoms with Crippen LogP contribution in [0.3, 0.4) is 0 Å². The van der Waals surface area contributed by atoms with Gasteiger partial charge in [-0.25, -0.2) is 4.98 Å². The molecule has 1 aliphatic rings. The Kier molecular flexibility index (Phi) is 6.43. The topological polar surface area (TPSA) is 54.3 Å². The van der Waals surface area contributed by atoms with Gasteiger partial charge in [-0.05, 0) is 30.7 Å². The van der Waals surface area contributed by atoms with Crippen LogP contribution in [0.15, 0.2) is 48.7 Å². The first-order valence-corrected chi connectivity index (χ1v) is 11.0. The van der Waals surface area contributed by atoms with Crippen LogP contribution in [0.5, 0.6) is 0 Å². The van der Waals surface area contributed by atoms with E-state index >= 15 is 0 Å². The van der Waals surface area contributed by atoms with Crippen LogP contribution in [0.4, 0.5) is 0 Å². The van der Waals surface area contributed by atoms with Crippen LogP contribution in [0.25, 0.3) is 11.0 Å². The highest BCUT2D eigenvalue weighted by Gasteiger charge is 2.25. The van der Waals surface area contributed by atoms with Gasteiger partial charge in [0.25, 0.3) is 0 Å². The number of pyridine rings is 1. The molecule has 6 nitrogen and oxygen atoms in total. The Hall–Kier alpha value is -2.73. The molecule has 3 heterocycles. The number of aryl methyl sites for hydroxylation is 1. The number of fused-ring (bicyclic) bond motifs is 1. The highest BCUT2D eigenvalue weighted by Crippen LogP contribution is 2.19. The first-order valence-electron chi connectivity index (χ1n) is 11.0. The van der Waals surface area contributed by atoms with Crippen molar-refractivity contribution >= 4 is 16.9 Å². The summed E-state index contributed by atoms with van der Waals surface area (Å²) in [4.78, 5) is 26.9. The van der Waals surface area contributed by atoms with Crippen molar-refractivity contribution in [3.8, 4) is 0 Å². The van der Waals surface area contributed by atoms with Crippen molar-refractivity contribution in [2.24, 2.45) is 5.92 Å². The van der Waals surface area contributed by atoms with Gasteiger partial charge in [0.2, 0.25) is 5.91 Å². The predicted octanol–water partition coefficient (Wildman–Crippen LogP) is 3.36. The molecule has 158 valence electrons. The van der Waals surface area contributed by atoms with E-state index in [1.165, 1.54) is 0 Å². The first-order chi connectivity index (χ1) is 14.7. The minimum Gasteiger partial charge on any atom is -0.341 e. The number of carbonyl (C=O) groups excluding carboxylic acids is 1. The standard InChI is InChI=1S/C24H31N5O/c1-3-23-26-21-10-4-5-11-22(21)29(23)17-19(2)24(30)28-14-8-13-27(15-16-28)18-20-9-6-7-12-25-20/h4-7,9-12,19H,3,8,13-18H2,1-2H3/t19-/m1/s1. The number of hydrogen-bond donors (Lipinski definition) is 0. The van der Waals surface area contributed by atoms with Crippen LogP contribution in [-0.2, 0) is 24.3 Å². The van der Waals surface area contributed by atoms with Gasteiger partial charge in [-0.15, -0.1) is 0 Å². The summed E-state index contributed by atoms with van der Waals surface area (Å²) in [6, 6.07) is 14.2. The van der Waals surface area contributed by atoms with Gasteiger partial charge >= 0.3 is 0 Å². The van der Waals surface area contributed by atoms with Gasteiger partial charge in [0, 0.05) is 51.9 Å². The summed E-state index contributed by atoms with van der Waals surface area (Å²) in [6.07, 6.45) is 3.70. The van der Waals surface area contributed by atoms with Crippen molar-refractivity contribution < 1.29 is 4.79 Å². The minimum atomic E-state index is -0.0738. The Morgan fingerprint density at radius 3 is 2.70 bits per heavy atom. The molecule has 0 N–H and O–H groups in total. The molecule has 3 aromatic rings. The third kappa shape index (κ3) is 4.54. The molecule has 4 rings (SSSR count). The second-order valence-electron chi connectivity index (χ2n) is 8.16. The van der Waals surface area contributed by atoms with Crippen LogP contribution in [0, 0.1) is 5.92 Å². The van der Waals surface area contributed by atoms with E-state index in [0.29, 0.717) is 6.54 Å². The minimum absolute atomic E-state index is 0.0738. The summed E-state index contributed by atoms with van der Waals surface area (Å²) < 4.78 is 2.23. The molecule has 0 saturated carbocycles. The molecule has 0 unspecified atom stereocenters. The highest BCUT2D eigenvalue weighted by molar-refractivity contribution is 5.79. The Morgan fingerprint density at radius 2 is 1.90 bits per heavy atom. The number of nitrogens with zero attached hydrogens (tertiary/aromatic N) is 5. The molecule has 2 aromatic heterocycles. The molecule has 30 heavy (non-hydrogen) atoms. The molecule has 1 fully saturated rings. The highest BCUT2D eigenvalue weighted by atomic mass is 16.2. The van der Waals surface area contributed by atoms with Gasteiger partial charge in [0.1, 0.15) is 5.82 Å². The smallest absolute Gasteiger partial charge is 0.227 e. The van der Waals surface area contributed by atoms with E-state index in [9.17, 15) is 4.79 Å². The maximum Gasteiger partial charge on any atom is 0.227 e. The van der Waals surface area contributed by atoms with Crippen molar-refractivity contribution in [3.05, 3.63) is 60.2 Å². The summed E-state index contributed by atoms with van der Waals surface area (Å²) in [5.74, 6) is 1.22. The molecule has 0 bridgehead atoms. The average Bonchev–Trinajstić information content (AvgIpc) is 2.96. The van der Waals surface area contributed by atoms with E-state index in [1.807, 2.05) is 48.4 Å². The molecule has 1 saturated heterocycles. The molecule has 0 aliphatic carbocycles. The average molecular weight is 406 g/mol. The summed E-state index contributed by atoms with van der Waals surface area (Å²) in [7, 11) is 0. The van der Waals surface area contributed by atoms with Gasteiger partial charge < -0.3 is 9.47 Å². The zero-order valence-electron chi connectivity index (χ0n) is 18.0. The summed E-state index contributed by atoms with van der Waals surface area (Å²) in [5.41, 5.74) is 3.21. The SMILES string of the molecule is CCc1nc2ccccc2n1C[C@@H](C)C(=O)N1CCCN(Cc2ccccn2)CC1. The molecule has 1 aromatic carbocycles. The Bertz CT molecular complexity index is 984. The molecular weight excluding hydrogens is 374 g/mol. The van der Waals surface area contributed by atoms with Gasteiger partial charge in [-0.3, -0.25) is 14.7 Å². The summed E-state index contributed by atoms with van der Waals surface area (Å²) in [5, 5.41) is 0. The Morgan fingerprint density at radius 1 is 1.07 bits per heavy atom. The van der Waals surface area contributed by atoms with Gasteiger partial charge in [0.05, 0.1) is 22.6 Å². The monoisotopic (exact) mass is 405 g/mol. The lowest BCUT2D eigenvalue weighted by Gasteiger charge is -2.25. The van der Waals surface area contributed by atoms with Crippen molar-refractivity contribution in [1.82, 2.24) is 24.3 Å². The number of carbonyl (C=O) groups is 1. The normalized spacial score (nSPS) is 16.5. The van der Waals surface area contributed by atoms with Crippen molar-refractivity contribution in [2.45, 2.75) is 39.8 Å². The van der Waals surface area contributed by atoms with E-state index in [2.05, 4.69) is 33.5 Å². The third-order valence-electron chi connectivity index (χ3n) is 5.94. The zero-order chi connectivity index (χ0) is 20.9. The summed E-state index contributed by atoms with van der Waals surface area (Å²) in [6.45, 7) is 9.19. The molecular formula is C24H31N5O. The number of aromatic nitrogens is 3. The molecule has 0 radical (unpaired) electrons. The van der Waals surface area contributed by atoms with Crippen LogP contribution in [0.2, 0.25) is 0 Å². The Balaban J connectivity index is 1.40. The van der Waals surface area contributed by atoms with E-state index in [0.717, 1.165) is 68.1 Å². The fraction of sp³-hybridized carbons (Fsp3) is 0.458. The van der Waals surface area contributed by atoms with Crippen LogP contribution in [0.1, 0.15) is 31.8 Å². The zero-order valence-corrected chi connectivity index (χ0v) is 18.0. The summed E-state index contributed by atoms with van der Waals surface area (Å²) >= 11 is 0.